The Balaban J connectivity index is 1.92. The molecule has 110 valence electrons. The van der Waals surface area contributed by atoms with E-state index in [0.29, 0.717) is 25.4 Å². The van der Waals surface area contributed by atoms with E-state index in [9.17, 15) is 9.90 Å². The topological polar surface area (TPSA) is 61.4 Å². The number of benzene rings is 1. The fourth-order valence-electron chi connectivity index (χ4n) is 2.64. The van der Waals surface area contributed by atoms with Crippen LogP contribution in [-0.2, 0) is 11.3 Å². The predicted molar refractivity (Wildman–Crippen MR) is 80.5 cm³/mol. The molecule has 0 radical (unpaired) electrons. The second-order valence-corrected chi connectivity index (χ2v) is 5.92. The van der Waals surface area contributed by atoms with Gasteiger partial charge in [0.1, 0.15) is 5.60 Å². The van der Waals surface area contributed by atoms with Crippen molar-refractivity contribution in [2.75, 3.05) is 5.32 Å². The Morgan fingerprint density at radius 2 is 2.05 bits per heavy atom. The summed E-state index contributed by atoms with van der Waals surface area (Å²) < 4.78 is 0. The second-order valence-electron chi connectivity index (χ2n) is 5.92. The van der Waals surface area contributed by atoms with Crippen LogP contribution in [0.1, 0.15) is 45.1 Å². The average Bonchev–Trinajstić information content (AvgIpc) is 2.84. The van der Waals surface area contributed by atoms with Crippen molar-refractivity contribution in [1.82, 2.24) is 5.32 Å². The zero-order valence-electron chi connectivity index (χ0n) is 12.3. The number of anilines is 1. The van der Waals surface area contributed by atoms with Gasteiger partial charge in [-0.25, -0.2) is 0 Å². The molecule has 1 fully saturated rings. The lowest BCUT2D eigenvalue weighted by Gasteiger charge is -2.21. The molecule has 20 heavy (non-hydrogen) atoms. The van der Waals surface area contributed by atoms with Crippen molar-refractivity contribution in [3.8, 4) is 0 Å². The first-order valence-electron chi connectivity index (χ1n) is 7.36. The van der Waals surface area contributed by atoms with Gasteiger partial charge in [0.05, 0.1) is 0 Å². The highest BCUT2D eigenvalue weighted by Crippen LogP contribution is 2.29. The predicted octanol–water partition coefficient (Wildman–Crippen LogP) is 2.43. The lowest BCUT2D eigenvalue weighted by atomic mass is 10.0. The fourth-order valence-corrected chi connectivity index (χ4v) is 2.64. The van der Waals surface area contributed by atoms with Crippen molar-refractivity contribution < 1.29 is 9.90 Å². The minimum Gasteiger partial charge on any atom is -0.383 e. The Labute approximate surface area is 120 Å². The van der Waals surface area contributed by atoms with Crippen LogP contribution in [0.3, 0.4) is 0 Å². The molecule has 0 unspecified atom stereocenters. The largest absolute Gasteiger partial charge is 0.383 e. The summed E-state index contributed by atoms with van der Waals surface area (Å²) in [7, 11) is 0. The van der Waals surface area contributed by atoms with Crippen molar-refractivity contribution >= 4 is 11.6 Å². The summed E-state index contributed by atoms with van der Waals surface area (Å²) in [6.07, 6.45) is 3.01. The van der Waals surface area contributed by atoms with Crippen LogP contribution >= 0.6 is 0 Å². The fraction of sp³-hybridized carbons (Fsp3) is 0.562. The molecule has 4 heteroatoms. The number of carbonyl (C=O) groups excluding carboxylic acids is 1. The van der Waals surface area contributed by atoms with Gasteiger partial charge in [-0.05, 0) is 57.2 Å². The molecule has 0 spiro atoms. The van der Waals surface area contributed by atoms with Crippen molar-refractivity contribution in [3.05, 3.63) is 29.8 Å². The summed E-state index contributed by atoms with van der Waals surface area (Å²) in [6.45, 7) is 4.63. The molecule has 1 aromatic rings. The molecule has 1 aromatic carbocycles. The van der Waals surface area contributed by atoms with Crippen LogP contribution in [0.2, 0.25) is 0 Å². The third-order valence-corrected chi connectivity index (χ3v) is 3.69. The zero-order valence-corrected chi connectivity index (χ0v) is 12.3. The van der Waals surface area contributed by atoms with Gasteiger partial charge in [0, 0.05) is 18.3 Å². The van der Waals surface area contributed by atoms with E-state index in [1.165, 1.54) is 0 Å². The minimum absolute atomic E-state index is 0.239. The number of carbonyl (C=O) groups is 1. The number of hydrogen-bond acceptors (Lipinski definition) is 3. The van der Waals surface area contributed by atoms with E-state index in [0.717, 1.165) is 24.1 Å². The lowest BCUT2D eigenvalue weighted by molar-refractivity contribution is -0.139. The lowest BCUT2D eigenvalue weighted by Crippen LogP contribution is -2.44. The highest BCUT2D eigenvalue weighted by atomic mass is 16.3. The van der Waals surface area contributed by atoms with Crippen molar-refractivity contribution in [3.63, 3.8) is 0 Å². The van der Waals surface area contributed by atoms with E-state index in [4.69, 9.17) is 0 Å². The molecule has 0 atom stereocenters. The molecule has 1 saturated carbocycles. The Morgan fingerprint density at radius 1 is 1.35 bits per heavy atom. The van der Waals surface area contributed by atoms with Gasteiger partial charge in [0.2, 0.25) is 0 Å². The summed E-state index contributed by atoms with van der Waals surface area (Å²) in [5.74, 6) is -0.239. The number of hydrogen-bond donors (Lipinski definition) is 3. The van der Waals surface area contributed by atoms with Crippen molar-refractivity contribution in [2.24, 2.45) is 0 Å². The van der Waals surface area contributed by atoms with Gasteiger partial charge in [-0.3, -0.25) is 4.79 Å². The molecule has 1 aliphatic carbocycles. The third-order valence-electron chi connectivity index (χ3n) is 3.69. The van der Waals surface area contributed by atoms with Crippen LogP contribution in [0, 0.1) is 0 Å². The molecular formula is C16H24N2O2. The summed E-state index contributed by atoms with van der Waals surface area (Å²) in [5.41, 5.74) is 0.935. The van der Waals surface area contributed by atoms with Gasteiger partial charge in [-0.2, -0.15) is 0 Å². The monoisotopic (exact) mass is 276 g/mol. The Kier molecular flexibility index (Phi) is 4.65. The second kappa shape index (κ2) is 6.27. The SMILES string of the molecule is CC(C)Nc1cccc(CNC(=O)C2(O)CCCC2)c1. The highest BCUT2D eigenvalue weighted by Gasteiger charge is 2.38. The van der Waals surface area contributed by atoms with E-state index >= 15 is 0 Å². The Morgan fingerprint density at radius 3 is 2.70 bits per heavy atom. The average molecular weight is 276 g/mol. The van der Waals surface area contributed by atoms with E-state index < -0.39 is 5.60 Å². The third kappa shape index (κ3) is 3.73. The van der Waals surface area contributed by atoms with Crippen molar-refractivity contribution in [1.29, 1.82) is 0 Å². The van der Waals surface area contributed by atoms with Gasteiger partial charge >= 0.3 is 0 Å². The Hall–Kier alpha value is -1.55. The minimum atomic E-state index is -1.15. The first-order valence-corrected chi connectivity index (χ1v) is 7.36. The summed E-state index contributed by atoms with van der Waals surface area (Å²) >= 11 is 0. The van der Waals surface area contributed by atoms with Crippen molar-refractivity contribution in [2.45, 2.75) is 57.7 Å². The summed E-state index contributed by atoms with van der Waals surface area (Å²) in [5, 5.41) is 16.4. The zero-order chi connectivity index (χ0) is 14.6. The number of amides is 1. The van der Waals surface area contributed by atoms with E-state index in [1.54, 1.807) is 0 Å². The number of aliphatic hydroxyl groups is 1. The van der Waals surface area contributed by atoms with Crippen LogP contribution in [0.25, 0.3) is 0 Å². The molecule has 0 heterocycles. The molecule has 0 aromatic heterocycles. The van der Waals surface area contributed by atoms with Crippen LogP contribution in [0.4, 0.5) is 5.69 Å². The van der Waals surface area contributed by atoms with Gasteiger partial charge < -0.3 is 15.7 Å². The first-order chi connectivity index (χ1) is 9.49. The molecule has 2 rings (SSSR count). The van der Waals surface area contributed by atoms with E-state index in [-0.39, 0.29) is 5.91 Å². The van der Waals surface area contributed by atoms with Gasteiger partial charge in [-0.15, -0.1) is 0 Å². The molecule has 0 aliphatic heterocycles. The molecule has 4 nitrogen and oxygen atoms in total. The van der Waals surface area contributed by atoms with Crippen LogP contribution in [0.5, 0.6) is 0 Å². The number of nitrogens with one attached hydrogen (secondary N) is 2. The van der Waals surface area contributed by atoms with Gasteiger partial charge in [0.25, 0.3) is 5.91 Å². The molecule has 1 aliphatic rings. The maximum atomic E-state index is 12.0. The quantitative estimate of drug-likeness (QED) is 0.774. The smallest absolute Gasteiger partial charge is 0.252 e. The molecule has 0 bridgehead atoms. The summed E-state index contributed by atoms with van der Waals surface area (Å²) in [6, 6.07) is 8.36. The van der Waals surface area contributed by atoms with Gasteiger partial charge in [-0.1, -0.05) is 12.1 Å². The standard InChI is InChI=1S/C16H24N2O2/c1-12(2)18-14-7-5-6-13(10-14)11-17-15(19)16(20)8-3-4-9-16/h5-7,10,12,18,20H,3-4,8-9,11H2,1-2H3,(H,17,19). The number of rotatable bonds is 5. The van der Waals surface area contributed by atoms with Crippen LogP contribution < -0.4 is 10.6 Å². The van der Waals surface area contributed by atoms with Crippen LogP contribution in [0.15, 0.2) is 24.3 Å². The van der Waals surface area contributed by atoms with E-state index in [1.807, 2.05) is 24.3 Å². The molecule has 0 saturated heterocycles. The van der Waals surface area contributed by atoms with E-state index in [2.05, 4.69) is 24.5 Å². The highest BCUT2D eigenvalue weighted by molar-refractivity contribution is 5.85. The maximum absolute atomic E-state index is 12.0. The van der Waals surface area contributed by atoms with Crippen LogP contribution in [-0.4, -0.2) is 22.7 Å². The molecule has 1 amide bonds. The normalized spacial score (nSPS) is 17.2. The molecular weight excluding hydrogens is 252 g/mol. The van der Waals surface area contributed by atoms with Gasteiger partial charge in [0.15, 0.2) is 0 Å². The first kappa shape index (κ1) is 14.9. The Bertz CT molecular complexity index is 465. The molecule has 3 N–H and O–H groups in total. The maximum Gasteiger partial charge on any atom is 0.252 e. The summed E-state index contributed by atoms with van der Waals surface area (Å²) in [4.78, 5) is 12.0.